The molecular formula is C21H16. The molecule has 1 aliphatic carbocycles. The summed E-state index contributed by atoms with van der Waals surface area (Å²) in [6.07, 6.45) is 6.20. The Morgan fingerprint density at radius 1 is 0.619 bits per heavy atom. The van der Waals surface area contributed by atoms with Crippen LogP contribution in [0.2, 0.25) is 0 Å². The molecule has 0 unspecified atom stereocenters. The third kappa shape index (κ3) is 2.88. The predicted molar refractivity (Wildman–Crippen MR) is 89.1 cm³/mol. The maximum Gasteiger partial charge on any atom is 0.0242 e. The monoisotopic (exact) mass is 268 g/mol. The quantitative estimate of drug-likeness (QED) is 0.397. The first-order valence-corrected chi connectivity index (χ1v) is 7.06. The summed E-state index contributed by atoms with van der Waals surface area (Å²) in [7, 11) is 0. The van der Waals surface area contributed by atoms with Gasteiger partial charge in [-0.05, 0) is 40.8 Å². The molecule has 4 rings (SSSR count). The van der Waals surface area contributed by atoms with Gasteiger partial charge in [0.15, 0.2) is 0 Å². The topological polar surface area (TPSA) is 0 Å². The Hall–Kier alpha value is -2.78. The second kappa shape index (κ2) is 6.11. The second-order valence-corrected chi connectivity index (χ2v) is 5.00. The average molecular weight is 268 g/mol. The van der Waals surface area contributed by atoms with Gasteiger partial charge in [0.05, 0.1) is 0 Å². The van der Waals surface area contributed by atoms with Crippen molar-refractivity contribution >= 4 is 0 Å². The molecule has 0 spiro atoms. The largest absolute Gasteiger partial charge is 0.115 e. The van der Waals surface area contributed by atoms with E-state index < -0.39 is 0 Å². The van der Waals surface area contributed by atoms with Crippen LogP contribution in [0.25, 0.3) is 11.1 Å². The van der Waals surface area contributed by atoms with Crippen LogP contribution in [-0.4, -0.2) is 0 Å². The zero-order chi connectivity index (χ0) is 14.5. The van der Waals surface area contributed by atoms with Gasteiger partial charge in [-0.1, -0.05) is 72.7 Å². The molecule has 0 radical (unpaired) electrons. The third-order valence-electron chi connectivity index (χ3n) is 3.65. The summed E-state index contributed by atoms with van der Waals surface area (Å²) in [5.41, 5.74) is 6.69. The number of fused-ring (bicyclic) bond motifs is 3. The van der Waals surface area contributed by atoms with Gasteiger partial charge in [0.2, 0.25) is 0 Å². The van der Waals surface area contributed by atoms with E-state index in [1.807, 2.05) is 30.3 Å². The Balaban J connectivity index is 0.000000143. The molecule has 0 heteroatoms. The van der Waals surface area contributed by atoms with Crippen LogP contribution >= 0.6 is 0 Å². The molecule has 100 valence electrons. The van der Waals surface area contributed by atoms with E-state index in [0.717, 1.165) is 12.0 Å². The Labute approximate surface area is 126 Å². The molecular weight excluding hydrogens is 252 g/mol. The van der Waals surface area contributed by atoms with Crippen LogP contribution in [0.1, 0.15) is 16.7 Å². The number of terminal acetylenes is 1. The number of benzene rings is 3. The van der Waals surface area contributed by atoms with Crippen molar-refractivity contribution in [1.29, 1.82) is 0 Å². The predicted octanol–water partition coefficient (Wildman–Crippen LogP) is 4.93. The first-order chi connectivity index (χ1) is 10.4. The summed E-state index contributed by atoms with van der Waals surface area (Å²) in [4.78, 5) is 0. The molecule has 3 aromatic carbocycles. The van der Waals surface area contributed by atoms with Crippen LogP contribution < -0.4 is 0 Å². The molecule has 0 atom stereocenters. The molecule has 0 nitrogen and oxygen atoms in total. The SMILES string of the molecule is C#Cc1ccccc1.c1ccc2c(c1)Cc1ccccc1-2. The highest BCUT2D eigenvalue weighted by Gasteiger charge is 2.15. The minimum atomic E-state index is 0.938. The van der Waals surface area contributed by atoms with E-state index in [9.17, 15) is 0 Å². The Morgan fingerprint density at radius 3 is 1.57 bits per heavy atom. The summed E-state index contributed by atoms with van der Waals surface area (Å²) >= 11 is 0. The van der Waals surface area contributed by atoms with E-state index in [1.54, 1.807) is 0 Å². The van der Waals surface area contributed by atoms with Crippen molar-refractivity contribution in [2.75, 3.05) is 0 Å². The maximum absolute atomic E-state index is 5.10. The molecule has 0 aromatic heterocycles. The molecule has 3 aromatic rings. The Morgan fingerprint density at radius 2 is 1.10 bits per heavy atom. The van der Waals surface area contributed by atoms with E-state index in [4.69, 9.17) is 6.42 Å². The summed E-state index contributed by atoms with van der Waals surface area (Å²) < 4.78 is 0. The third-order valence-corrected chi connectivity index (χ3v) is 3.65. The zero-order valence-electron chi connectivity index (χ0n) is 11.8. The van der Waals surface area contributed by atoms with E-state index in [0.29, 0.717) is 0 Å². The van der Waals surface area contributed by atoms with Gasteiger partial charge >= 0.3 is 0 Å². The van der Waals surface area contributed by atoms with Crippen molar-refractivity contribution in [3.05, 3.63) is 95.6 Å². The van der Waals surface area contributed by atoms with Crippen LogP contribution in [-0.2, 0) is 6.42 Å². The zero-order valence-corrected chi connectivity index (χ0v) is 11.8. The fourth-order valence-electron chi connectivity index (χ4n) is 2.61. The van der Waals surface area contributed by atoms with Gasteiger partial charge in [-0.15, -0.1) is 6.42 Å². The van der Waals surface area contributed by atoms with Crippen molar-refractivity contribution in [2.24, 2.45) is 0 Å². The first kappa shape index (κ1) is 13.2. The molecule has 0 amide bonds. The minimum Gasteiger partial charge on any atom is -0.115 e. The highest BCUT2D eigenvalue weighted by atomic mass is 14.2. The second-order valence-electron chi connectivity index (χ2n) is 5.00. The molecule has 1 aliphatic rings. The van der Waals surface area contributed by atoms with E-state index in [-0.39, 0.29) is 0 Å². The highest BCUT2D eigenvalue weighted by molar-refractivity contribution is 5.76. The highest BCUT2D eigenvalue weighted by Crippen LogP contribution is 2.35. The van der Waals surface area contributed by atoms with Gasteiger partial charge in [-0.25, -0.2) is 0 Å². The lowest BCUT2D eigenvalue weighted by Gasteiger charge is -1.98. The van der Waals surface area contributed by atoms with Crippen LogP contribution in [0.3, 0.4) is 0 Å². The van der Waals surface area contributed by atoms with Gasteiger partial charge in [0.25, 0.3) is 0 Å². The molecule has 0 heterocycles. The molecule has 0 bridgehead atoms. The Bertz CT molecular complexity index is 733. The molecule has 0 aliphatic heterocycles. The minimum absolute atomic E-state index is 0.938. The molecule has 0 saturated heterocycles. The summed E-state index contributed by atoms with van der Waals surface area (Å²) in [6.45, 7) is 0. The Kier molecular flexibility index (Phi) is 3.85. The van der Waals surface area contributed by atoms with Gasteiger partial charge in [-0.3, -0.25) is 0 Å². The maximum atomic E-state index is 5.10. The van der Waals surface area contributed by atoms with Crippen LogP contribution in [0.15, 0.2) is 78.9 Å². The molecule has 0 N–H and O–H groups in total. The molecule has 0 saturated carbocycles. The number of rotatable bonds is 0. The van der Waals surface area contributed by atoms with Gasteiger partial charge < -0.3 is 0 Å². The number of hydrogen-bond donors (Lipinski definition) is 0. The van der Waals surface area contributed by atoms with Crippen molar-refractivity contribution < 1.29 is 0 Å². The standard InChI is InChI=1S/C13H10.C8H6/c1-3-7-12-10(5-1)9-11-6-2-4-8-13(11)12;1-2-8-6-4-3-5-7-8/h1-8H,9H2;1,3-7H. The number of hydrogen-bond acceptors (Lipinski definition) is 0. The van der Waals surface area contributed by atoms with Crippen LogP contribution in [0.5, 0.6) is 0 Å². The van der Waals surface area contributed by atoms with Gasteiger partial charge in [0, 0.05) is 5.56 Å². The average Bonchev–Trinajstić information content (AvgIpc) is 2.95. The lowest BCUT2D eigenvalue weighted by Crippen LogP contribution is -1.77. The summed E-state index contributed by atoms with van der Waals surface area (Å²) in [5.74, 6) is 2.53. The van der Waals surface area contributed by atoms with Crippen molar-refractivity contribution in [1.82, 2.24) is 0 Å². The first-order valence-electron chi connectivity index (χ1n) is 7.06. The van der Waals surface area contributed by atoms with Crippen LogP contribution in [0, 0.1) is 12.3 Å². The summed E-state index contributed by atoms with van der Waals surface area (Å²) in [6, 6.07) is 26.9. The fraction of sp³-hybridized carbons (Fsp3) is 0.0476. The molecule has 21 heavy (non-hydrogen) atoms. The lowest BCUT2D eigenvalue weighted by molar-refractivity contribution is 1.26. The van der Waals surface area contributed by atoms with Crippen molar-refractivity contribution in [3.63, 3.8) is 0 Å². The fourth-order valence-corrected chi connectivity index (χ4v) is 2.61. The molecule has 0 fully saturated rings. The van der Waals surface area contributed by atoms with Gasteiger partial charge in [-0.2, -0.15) is 0 Å². The van der Waals surface area contributed by atoms with Crippen molar-refractivity contribution in [2.45, 2.75) is 6.42 Å². The van der Waals surface area contributed by atoms with Crippen molar-refractivity contribution in [3.8, 4) is 23.5 Å². The van der Waals surface area contributed by atoms with E-state index in [2.05, 4.69) is 54.5 Å². The van der Waals surface area contributed by atoms with Crippen LogP contribution in [0.4, 0.5) is 0 Å². The van der Waals surface area contributed by atoms with Gasteiger partial charge in [0.1, 0.15) is 0 Å². The van der Waals surface area contributed by atoms with E-state index in [1.165, 1.54) is 22.3 Å². The lowest BCUT2D eigenvalue weighted by atomic mass is 10.1. The normalized spacial score (nSPS) is 10.6. The summed E-state index contributed by atoms with van der Waals surface area (Å²) in [5, 5.41) is 0. The van der Waals surface area contributed by atoms with E-state index >= 15 is 0 Å². The smallest absolute Gasteiger partial charge is 0.0242 e.